The zero-order valence-electron chi connectivity index (χ0n) is 14.3. The van der Waals surface area contributed by atoms with Crippen LogP contribution in [0, 0.1) is 5.82 Å². The maximum atomic E-state index is 13.2. The molecule has 1 heterocycles. The molecule has 1 aromatic heterocycles. The van der Waals surface area contributed by atoms with Crippen molar-refractivity contribution >= 4 is 0 Å². The lowest BCUT2D eigenvalue weighted by Gasteiger charge is -2.10. The number of halogens is 1. The molecule has 0 atom stereocenters. The van der Waals surface area contributed by atoms with Crippen LogP contribution in [-0.2, 0) is 6.54 Å². The van der Waals surface area contributed by atoms with Crippen molar-refractivity contribution in [3.63, 3.8) is 0 Å². The van der Waals surface area contributed by atoms with Gasteiger partial charge in [-0.3, -0.25) is 9.09 Å². The minimum absolute atomic E-state index is 0.144. The maximum Gasteiger partial charge on any atom is 0.441 e. The predicted octanol–water partition coefficient (Wildman–Crippen LogP) is 2.74. The molecule has 7 nitrogen and oxygen atoms in total. The lowest BCUT2D eigenvalue weighted by Crippen LogP contribution is -2.19. The molecule has 0 fully saturated rings. The van der Waals surface area contributed by atoms with Gasteiger partial charge in [-0.15, -0.1) is 0 Å². The average molecular weight is 360 g/mol. The Hall–Kier alpha value is -3.29. The molecule has 0 saturated carbocycles. The summed E-state index contributed by atoms with van der Waals surface area (Å²) in [6, 6.07) is 10.9. The van der Waals surface area contributed by atoms with Crippen LogP contribution in [-0.4, -0.2) is 30.6 Å². The Balaban J connectivity index is 1.80. The molecule has 8 heteroatoms. The van der Waals surface area contributed by atoms with Crippen LogP contribution in [0.15, 0.2) is 51.8 Å². The van der Waals surface area contributed by atoms with Crippen molar-refractivity contribution in [2.24, 2.45) is 0 Å². The molecule has 3 rings (SSSR count). The van der Waals surface area contributed by atoms with Gasteiger partial charge in [0, 0.05) is 11.6 Å². The van der Waals surface area contributed by atoms with E-state index in [1.54, 1.807) is 30.3 Å². The van der Waals surface area contributed by atoms with Crippen LogP contribution < -0.4 is 20.0 Å². The molecule has 3 aromatic rings. The Morgan fingerprint density at radius 3 is 2.65 bits per heavy atom. The van der Waals surface area contributed by atoms with Crippen molar-refractivity contribution < 1.29 is 23.1 Å². The molecule has 0 radical (unpaired) electrons. The summed E-state index contributed by atoms with van der Waals surface area (Å²) < 4.78 is 35.2. The number of aromatic nitrogens is 2. The van der Waals surface area contributed by atoms with Gasteiger partial charge in [0.25, 0.3) is 0 Å². The van der Waals surface area contributed by atoms with Crippen molar-refractivity contribution in [3.05, 3.63) is 58.8 Å². The SMILES string of the molecule is COc1ccc(-c2noc(=O)n2CCOc2cccc(F)c2)cc1OC. The van der Waals surface area contributed by atoms with Crippen molar-refractivity contribution in [1.82, 2.24) is 9.72 Å². The van der Waals surface area contributed by atoms with E-state index in [-0.39, 0.29) is 13.2 Å². The van der Waals surface area contributed by atoms with Crippen LogP contribution in [0.25, 0.3) is 11.4 Å². The zero-order valence-corrected chi connectivity index (χ0v) is 14.3. The smallest absolute Gasteiger partial charge is 0.441 e. The van der Waals surface area contributed by atoms with Crippen LogP contribution in [0.4, 0.5) is 4.39 Å². The molecule has 0 spiro atoms. The first-order valence-corrected chi connectivity index (χ1v) is 7.79. The molecule has 0 aliphatic carbocycles. The third-order valence-electron chi connectivity index (χ3n) is 3.71. The van der Waals surface area contributed by atoms with E-state index in [4.69, 9.17) is 18.7 Å². The van der Waals surface area contributed by atoms with Crippen LogP contribution in [0.5, 0.6) is 17.2 Å². The first-order chi connectivity index (χ1) is 12.6. The summed E-state index contributed by atoms with van der Waals surface area (Å²) in [4.78, 5) is 11.9. The molecule has 0 aliphatic heterocycles. The molecule has 136 valence electrons. The van der Waals surface area contributed by atoms with Gasteiger partial charge in [0.2, 0.25) is 0 Å². The summed E-state index contributed by atoms with van der Waals surface area (Å²) in [6.45, 7) is 0.327. The van der Waals surface area contributed by atoms with E-state index in [0.29, 0.717) is 28.6 Å². The van der Waals surface area contributed by atoms with Gasteiger partial charge in [0.1, 0.15) is 18.2 Å². The number of nitrogens with zero attached hydrogens (tertiary/aromatic N) is 2. The zero-order chi connectivity index (χ0) is 18.5. The lowest BCUT2D eigenvalue weighted by molar-refractivity contribution is 0.289. The molecule has 0 saturated heterocycles. The second kappa shape index (κ2) is 7.73. The second-order valence-corrected chi connectivity index (χ2v) is 5.30. The standard InChI is InChI=1S/C18H17FN2O5/c1-23-15-7-6-12(10-16(15)24-2)17-20-26-18(22)21(17)8-9-25-14-5-3-4-13(19)11-14/h3-7,10-11H,8-9H2,1-2H3. The predicted molar refractivity (Wildman–Crippen MR) is 91.2 cm³/mol. The van der Waals surface area contributed by atoms with Crippen LogP contribution in [0.1, 0.15) is 0 Å². The van der Waals surface area contributed by atoms with E-state index in [0.717, 1.165) is 0 Å². The Morgan fingerprint density at radius 1 is 1.12 bits per heavy atom. The summed E-state index contributed by atoms with van der Waals surface area (Å²) in [5.74, 6) is 0.764. The van der Waals surface area contributed by atoms with Gasteiger partial charge in [-0.05, 0) is 30.3 Å². The van der Waals surface area contributed by atoms with Crippen LogP contribution >= 0.6 is 0 Å². The highest BCUT2D eigenvalue weighted by Gasteiger charge is 2.15. The third-order valence-corrected chi connectivity index (χ3v) is 3.71. The molecule has 0 N–H and O–H groups in total. The molecule has 26 heavy (non-hydrogen) atoms. The summed E-state index contributed by atoms with van der Waals surface area (Å²) >= 11 is 0. The molecule has 0 unspecified atom stereocenters. The Morgan fingerprint density at radius 2 is 1.92 bits per heavy atom. The minimum Gasteiger partial charge on any atom is -0.493 e. The minimum atomic E-state index is -0.613. The van der Waals surface area contributed by atoms with Crippen LogP contribution in [0.2, 0.25) is 0 Å². The topological polar surface area (TPSA) is 75.7 Å². The summed E-state index contributed by atoms with van der Waals surface area (Å²) in [5, 5.41) is 3.82. The molecule has 0 bridgehead atoms. The summed E-state index contributed by atoms with van der Waals surface area (Å²) in [6.07, 6.45) is 0. The highest BCUT2D eigenvalue weighted by atomic mass is 19.1. The number of rotatable bonds is 7. The van der Waals surface area contributed by atoms with E-state index in [1.165, 1.54) is 30.9 Å². The van der Waals surface area contributed by atoms with E-state index in [2.05, 4.69) is 5.16 Å². The lowest BCUT2D eigenvalue weighted by atomic mass is 10.2. The van der Waals surface area contributed by atoms with Gasteiger partial charge in [0.05, 0.1) is 20.8 Å². The largest absolute Gasteiger partial charge is 0.493 e. The molecular formula is C18H17FN2O5. The van der Waals surface area contributed by atoms with Gasteiger partial charge < -0.3 is 14.2 Å². The van der Waals surface area contributed by atoms with Crippen LogP contribution in [0.3, 0.4) is 0 Å². The van der Waals surface area contributed by atoms with Gasteiger partial charge in [-0.1, -0.05) is 11.2 Å². The number of methoxy groups -OCH3 is 2. The van der Waals surface area contributed by atoms with Crippen molar-refractivity contribution in [3.8, 4) is 28.6 Å². The van der Waals surface area contributed by atoms with Gasteiger partial charge >= 0.3 is 5.76 Å². The van der Waals surface area contributed by atoms with Crippen molar-refractivity contribution in [2.75, 3.05) is 20.8 Å². The van der Waals surface area contributed by atoms with E-state index >= 15 is 0 Å². The van der Waals surface area contributed by atoms with E-state index < -0.39 is 11.6 Å². The molecular weight excluding hydrogens is 343 g/mol. The maximum absolute atomic E-state index is 13.2. The fourth-order valence-corrected chi connectivity index (χ4v) is 2.46. The molecule has 0 aliphatic rings. The Bertz CT molecular complexity index is 951. The number of hydrogen-bond donors (Lipinski definition) is 0. The van der Waals surface area contributed by atoms with Gasteiger partial charge in [-0.25, -0.2) is 9.18 Å². The van der Waals surface area contributed by atoms with Crippen molar-refractivity contribution in [2.45, 2.75) is 6.54 Å². The summed E-state index contributed by atoms with van der Waals surface area (Å²) in [7, 11) is 3.05. The first kappa shape index (κ1) is 17.5. The van der Waals surface area contributed by atoms with E-state index in [1.807, 2.05) is 0 Å². The normalized spacial score (nSPS) is 10.6. The van der Waals surface area contributed by atoms with Gasteiger partial charge in [-0.2, -0.15) is 0 Å². The number of hydrogen-bond acceptors (Lipinski definition) is 6. The Kier molecular flexibility index (Phi) is 5.21. The fraction of sp³-hybridized carbons (Fsp3) is 0.222. The fourth-order valence-electron chi connectivity index (χ4n) is 2.46. The first-order valence-electron chi connectivity index (χ1n) is 7.79. The number of ether oxygens (including phenoxy) is 3. The third kappa shape index (κ3) is 3.69. The Labute approximate surface area is 148 Å². The summed E-state index contributed by atoms with van der Waals surface area (Å²) in [5.41, 5.74) is 0.624. The van der Waals surface area contributed by atoms with Gasteiger partial charge in [0.15, 0.2) is 17.3 Å². The second-order valence-electron chi connectivity index (χ2n) is 5.30. The molecule has 0 amide bonds. The van der Waals surface area contributed by atoms with E-state index in [9.17, 15) is 9.18 Å². The number of benzene rings is 2. The average Bonchev–Trinajstić information content (AvgIpc) is 3.02. The molecule has 2 aromatic carbocycles. The highest BCUT2D eigenvalue weighted by Crippen LogP contribution is 2.31. The van der Waals surface area contributed by atoms with Crippen molar-refractivity contribution in [1.29, 1.82) is 0 Å². The monoisotopic (exact) mass is 360 g/mol. The quantitative estimate of drug-likeness (QED) is 0.645. The highest BCUT2D eigenvalue weighted by molar-refractivity contribution is 5.61.